The summed E-state index contributed by atoms with van der Waals surface area (Å²) in [5.74, 6) is 0.362. The van der Waals surface area contributed by atoms with E-state index in [9.17, 15) is 5.26 Å². The Morgan fingerprint density at radius 1 is 1.11 bits per heavy atom. The first-order valence-electron chi connectivity index (χ1n) is 15.3. The van der Waals surface area contributed by atoms with Crippen LogP contribution in [0.4, 0.5) is 0 Å². The molecule has 2 saturated heterocycles. The number of hydrogen-bond donors (Lipinski definition) is 2. The fourth-order valence-corrected chi connectivity index (χ4v) is 6.21. The van der Waals surface area contributed by atoms with E-state index in [1.807, 2.05) is 50.3 Å². The Morgan fingerprint density at radius 2 is 1.87 bits per heavy atom. The monoisotopic (exact) mass is 625 g/mol. The Morgan fingerprint density at radius 3 is 2.58 bits per heavy atom. The molecule has 4 aromatic rings. The maximum absolute atomic E-state index is 9.82. The lowest BCUT2D eigenvalue weighted by Crippen LogP contribution is -2.30. The van der Waals surface area contributed by atoms with E-state index in [0.29, 0.717) is 24.7 Å². The molecule has 0 amide bonds. The SMILES string of the molecule is C.CC.N#Cc1cc(-c2c[nH]c3ncc(/C(C=NC4CCN(Sc5ccccc5)CC4)=C/N)cc23)cnc1OC1CCOCC1. The van der Waals surface area contributed by atoms with Gasteiger partial charge >= 0.3 is 0 Å². The highest BCUT2D eigenvalue weighted by atomic mass is 32.2. The molecule has 0 unspecified atom stereocenters. The van der Waals surface area contributed by atoms with Gasteiger partial charge in [-0.15, -0.1) is 0 Å². The smallest absolute Gasteiger partial charge is 0.231 e. The predicted molar refractivity (Wildman–Crippen MR) is 184 cm³/mol. The maximum atomic E-state index is 9.82. The molecule has 2 aliphatic heterocycles. The molecule has 0 radical (unpaired) electrons. The van der Waals surface area contributed by atoms with Gasteiger partial charge in [0.05, 0.1) is 19.3 Å². The largest absolute Gasteiger partial charge is 0.473 e. The Labute approximate surface area is 270 Å². The van der Waals surface area contributed by atoms with Gasteiger partial charge in [0, 0.05) is 89.5 Å². The molecule has 3 aromatic heterocycles. The topological polar surface area (TPSA) is 125 Å². The molecule has 9 nitrogen and oxygen atoms in total. The molecule has 2 aliphatic rings. The molecule has 6 rings (SSSR count). The lowest BCUT2D eigenvalue weighted by atomic mass is 10.0. The molecule has 0 atom stereocenters. The van der Waals surface area contributed by atoms with Gasteiger partial charge < -0.3 is 20.2 Å². The van der Waals surface area contributed by atoms with Crippen LogP contribution in [0.1, 0.15) is 58.1 Å². The van der Waals surface area contributed by atoms with Crippen molar-refractivity contribution in [1.29, 1.82) is 5.26 Å². The number of aromatic nitrogens is 3. The van der Waals surface area contributed by atoms with Crippen LogP contribution in [-0.4, -0.2) is 63.9 Å². The number of nitrogens with one attached hydrogen (secondary N) is 1. The maximum Gasteiger partial charge on any atom is 0.231 e. The highest BCUT2D eigenvalue weighted by Gasteiger charge is 2.21. The third-order valence-corrected chi connectivity index (χ3v) is 8.71. The summed E-state index contributed by atoms with van der Waals surface area (Å²) < 4.78 is 13.9. The third-order valence-electron chi connectivity index (χ3n) is 7.60. The van der Waals surface area contributed by atoms with Crippen LogP contribution < -0.4 is 10.5 Å². The molecular formula is C35H43N7O2S. The molecule has 0 bridgehead atoms. The van der Waals surface area contributed by atoms with Gasteiger partial charge in [0.2, 0.25) is 5.88 Å². The fraction of sp³-hybridized carbons (Fsp3) is 0.371. The summed E-state index contributed by atoms with van der Waals surface area (Å²) in [6.07, 6.45) is 12.5. The lowest BCUT2D eigenvalue weighted by Gasteiger charge is -2.29. The quantitative estimate of drug-likeness (QED) is 0.155. The lowest BCUT2D eigenvalue weighted by molar-refractivity contribution is 0.0236. The van der Waals surface area contributed by atoms with Crippen molar-refractivity contribution in [3.63, 3.8) is 0 Å². The average molecular weight is 626 g/mol. The number of hydrogen-bond acceptors (Lipinski definition) is 9. The van der Waals surface area contributed by atoms with Crippen LogP contribution >= 0.6 is 11.9 Å². The second-order valence-corrected chi connectivity index (χ2v) is 11.6. The van der Waals surface area contributed by atoms with E-state index in [1.54, 1.807) is 18.6 Å². The summed E-state index contributed by atoms with van der Waals surface area (Å²) in [5.41, 5.74) is 10.6. The summed E-state index contributed by atoms with van der Waals surface area (Å²) in [6, 6.07) is 16.8. The van der Waals surface area contributed by atoms with E-state index < -0.39 is 0 Å². The minimum atomic E-state index is 0. The first kappa shape index (κ1) is 33.7. The fourth-order valence-electron chi connectivity index (χ4n) is 5.24. The van der Waals surface area contributed by atoms with Crippen molar-refractivity contribution in [2.75, 3.05) is 26.3 Å². The van der Waals surface area contributed by atoms with E-state index >= 15 is 0 Å². The summed E-state index contributed by atoms with van der Waals surface area (Å²) in [6.45, 7) is 7.29. The summed E-state index contributed by atoms with van der Waals surface area (Å²) >= 11 is 1.81. The number of fused-ring (bicyclic) bond motifs is 1. The van der Waals surface area contributed by atoms with Gasteiger partial charge in [0.15, 0.2) is 0 Å². The van der Waals surface area contributed by atoms with Crippen LogP contribution in [0.5, 0.6) is 5.88 Å². The number of allylic oxidation sites excluding steroid dienone is 1. The number of H-pyrrole nitrogens is 1. The Balaban J connectivity index is 0.00000151. The van der Waals surface area contributed by atoms with Crippen LogP contribution in [0.2, 0.25) is 0 Å². The van der Waals surface area contributed by atoms with Crippen molar-refractivity contribution >= 4 is 34.8 Å². The normalized spacial score (nSPS) is 16.5. The number of nitrogens with two attached hydrogens (primary N) is 1. The van der Waals surface area contributed by atoms with E-state index in [4.69, 9.17) is 20.2 Å². The van der Waals surface area contributed by atoms with E-state index in [-0.39, 0.29) is 19.6 Å². The van der Waals surface area contributed by atoms with Crippen LogP contribution in [0.25, 0.3) is 27.7 Å². The molecule has 236 valence electrons. The second kappa shape index (κ2) is 16.8. The number of nitriles is 1. The number of aliphatic imine (C=N–C) groups is 1. The summed E-state index contributed by atoms with van der Waals surface area (Å²) in [7, 11) is 0. The van der Waals surface area contributed by atoms with Crippen molar-refractivity contribution in [3.05, 3.63) is 78.4 Å². The zero-order chi connectivity index (χ0) is 30.7. The number of nitrogens with zero attached hydrogens (tertiary/aromatic N) is 5. The number of piperidine rings is 1. The highest BCUT2D eigenvalue weighted by molar-refractivity contribution is 7.97. The predicted octanol–water partition coefficient (Wildman–Crippen LogP) is 7.26. The van der Waals surface area contributed by atoms with Crippen molar-refractivity contribution in [2.45, 2.75) is 64.0 Å². The van der Waals surface area contributed by atoms with Crippen molar-refractivity contribution < 1.29 is 9.47 Å². The number of rotatable bonds is 8. The van der Waals surface area contributed by atoms with Crippen molar-refractivity contribution in [2.24, 2.45) is 10.7 Å². The third kappa shape index (κ3) is 8.51. The molecule has 0 spiro atoms. The van der Waals surface area contributed by atoms with Crippen molar-refractivity contribution in [3.8, 4) is 23.1 Å². The molecule has 1 aromatic carbocycles. The van der Waals surface area contributed by atoms with Gasteiger partial charge in [0.25, 0.3) is 0 Å². The van der Waals surface area contributed by atoms with Crippen LogP contribution in [0.15, 0.2) is 77.1 Å². The Hall–Kier alpha value is -4.17. The number of pyridine rings is 2. The van der Waals surface area contributed by atoms with Gasteiger partial charge in [-0.3, -0.25) is 4.99 Å². The molecule has 5 heterocycles. The molecule has 0 saturated carbocycles. The first-order chi connectivity index (χ1) is 21.7. The second-order valence-electron chi connectivity index (χ2n) is 10.4. The number of aromatic amines is 1. The molecule has 0 aliphatic carbocycles. The standard InChI is InChI=1S/C32H33N7O2S.C2H6.CH4/c33-16-22-14-24(19-38-32(22)41-27-8-12-40-13-9-27)30-21-37-31-29(30)15-23(18-36-31)25(17-34)20-35-26-6-10-39(11-7-26)42-28-4-2-1-3-5-28;1-2;/h1-5,14-15,17-21,26-27H,6-13,34H2,(H,36,37);1-2H3;1H4/b25-17+,35-20?;;. The molecule has 2 fully saturated rings. The minimum Gasteiger partial charge on any atom is -0.473 e. The zero-order valence-electron chi connectivity index (χ0n) is 25.3. The first-order valence-corrected chi connectivity index (χ1v) is 16.0. The molecule has 10 heteroatoms. The Kier molecular flexibility index (Phi) is 12.6. The minimum absolute atomic E-state index is 0. The summed E-state index contributed by atoms with van der Waals surface area (Å²) in [4.78, 5) is 18.5. The number of ether oxygens (including phenoxy) is 2. The van der Waals surface area contributed by atoms with Crippen LogP contribution in [-0.2, 0) is 4.74 Å². The van der Waals surface area contributed by atoms with E-state index in [0.717, 1.165) is 72.1 Å². The van der Waals surface area contributed by atoms with Gasteiger partial charge in [-0.2, -0.15) is 5.26 Å². The van der Waals surface area contributed by atoms with E-state index in [2.05, 4.69) is 55.7 Å². The van der Waals surface area contributed by atoms with Gasteiger partial charge in [-0.1, -0.05) is 39.5 Å². The highest BCUT2D eigenvalue weighted by Crippen LogP contribution is 2.32. The van der Waals surface area contributed by atoms with E-state index in [1.165, 1.54) is 4.90 Å². The van der Waals surface area contributed by atoms with Crippen LogP contribution in [0.3, 0.4) is 0 Å². The van der Waals surface area contributed by atoms with Crippen LogP contribution in [0, 0.1) is 11.3 Å². The number of benzene rings is 1. The average Bonchev–Trinajstić information content (AvgIpc) is 3.51. The van der Waals surface area contributed by atoms with Gasteiger partial charge in [0.1, 0.15) is 23.4 Å². The van der Waals surface area contributed by atoms with Gasteiger partial charge in [-0.25, -0.2) is 14.3 Å². The molecular weight excluding hydrogens is 582 g/mol. The summed E-state index contributed by atoms with van der Waals surface area (Å²) in [5, 5.41) is 10.7. The van der Waals surface area contributed by atoms with Gasteiger partial charge in [-0.05, 0) is 49.1 Å². The molecule has 45 heavy (non-hydrogen) atoms. The Bertz CT molecular complexity index is 1620. The van der Waals surface area contributed by atoms with Crippen molar-refractivity contribution in [1.82, 2.24) is 19.3 Å². The zero-order valence-corrected chi connectivity index (χ0v) is 26.1. The molecule has 3 N–H and O–H groups in total.